The molecule has 60 valence electrons. The molecule has 0 aliphatic carbocycles. The van der Waals surface area contributed by atoms with Crippen LogP contribution >= 0.6 is 0 Å². The van der Waals surface area contributed by atoms with E-state index in [1.807, 2.05) is 0 Å². The van der Waals surface area contributed by atoms with Gasteiger partial charge in [-0.1, -0.05) is 6.88 Å². The van der Waals surface area contributed by atoms with Gasteiger partial charge in [0, 0.05) is 2.74 Å². The van der Waals surface area contributed by atoms with Gasteiger partial charge in [0.1, 0.15) is 5.41 Å². The maximum atomic E-state index is 10.5. The Hall–Kier alpha value is -0.610. The van der Waals surface area contributed by atoms with Crippen molar-refractivity contribution < 1.29 is 22.9 Å². The second-order valence-corrected chi connectivity index (χ2v) is 2.11. The monoisotopic (exact) mass is 150 g/mol. The molecule has 0 radical (unpaired) electrons. The Morgan fingerprint density at radius 3 is 2.20 bits per heavy atom. The van der Waals surface area contributed by atoms with Gasteiger partial charge in [-0.15, -0.1) is 0 Å². The van der Waals surface area contributed by atoms with Crippen molar-refractivity contribution in [3.63, 3.8) is 0 Å². The predicted molar refractivity (Wildman–Crippen MR) is 34.5 cm³/mol. The van der Waals surface area contributed by atoms with Gasteiger partial charge >= 0.3 is 5.97 Å². The first-order valence-electron chi connectivity index (χ1n) is 3.93. The third-order valence-corrected chi connectivity index (χ3v) is 1.45. The van der Waals surface area contributed by atoms with E-state index in [1.54, 1.807) is 0 Å². The lowest BCUT2D eigenvalue weighted by Gasteiger charge is -2.21. The molecule has 0 aliphatic rings. The molecule has 10 heavy (non-hydrogen) atoms. The van der Waals surface area contributed by atoms with Crippen LogP contribution in [0.3, 0.4) is 0 Å². The molecule has 3 N–H and O–H groups in total. The Morgan fingerprint density at radius 2 is 2.10 bits per heavy atom. The van der Waals surface area contributed by atoms with Crippen molar-refractivity contribution in [3.8, 4) is 0 Å². The topological polar surface area (TPSA) is 77.8 Å². The van der Waals surface area contributed by atoms with Crippen molar-refractivity contribution in [2.75, 3.05) is 13.2 Å². The summed E-state index contributed by atoms with van der Waals surface area (Å²) in [6.45, 7) is -2.87. The van der Waals surface area contributed by atoms with Gasteiger partial charge in [0.25, 0.3) is 0 Å². The Labute approximate surface area is 61.9 Å². The molecule has 0 bridgehead atoms. The van der Waals surface area contributed by atoms with Gasteiger partial charge in [0.15, 0.2) is 0 Å². The highest BCUT2D eigenvalue weighted by atomic mass is 16.4. The van der Waals surface area contributed by atoms with E-state index >= 15 is 0 Å². The predicted octanol–water partition coefficient (Wildman–Crippen LogP) is -0.548. The first kappa shape index (κ1) is 6.12. The highest BCUT2D eigenvalue weighted by Gasteiger charge is 2.35. The molecule has 0 amide bonds. The molecule has 0 heterocycles. The molecule has 4 heteroatoms. The number of carboxylic acid groups (broad SMARTS) is 1. The summed E-state index contributed by atoms with van der Waals surface area (Å²) in [6.07, 6.45) is -0.380. The molecule has 0 aromatic carbocycles. The van der Waals surface area contributed by atoms with Crippen molar-refractivity contribution in [3.05, 3.63) is 0 Å². The Balaban J connectivity index is 4.46. The summed E-state index contributed by atoms with van der Waals surface area (Å²) in [5.41, 5.74) is -1.74. The van der Waals surface area contributed by atoms with Crippen LogP contribution in [0.25, 0.3) is 0 Å². The molecule has 4 nitrogen and oxygen atoms in total. The van der Waals surface area contributed by atoms with Crippen LogP contribution in [0.4, 0.5) is 0 Å². The van der Waals surface area contributed by atoms with Crippen LogP contribution in [-0.2, 0) is 4.79 Å². The molecule has 0 atom stereocenters. The Morgan fingerprint density at radius 1 is 1.60 bits per heavy atom. The standard InChI is InChI=1S/C6H12O4/c1-2-6(3-7,4-8)5(9)10/h7-8H,2-4H2,1H3,(H,9,10)/i1D2. The van der Waals surface area contributed by atoms with Crippen molar-refractivity contribution in [2.45, 2.75) is 13.3 Å². The highest BCUT2D eigenvalue weighted by Crippen LogP contribution is 2.19. The van der Waals surface area contributed by atoms with Crippen LogP contribution in [0, 0.1) is 5.41 Å². The number of aliphatic hydroxyl groups is 2. The second-order valence-electron chi connectivity index (χ2n) is 2.11. The Bertz CT molecular complexity index is 156. The molecule has 0 saturated carbocycles. The number of hydrogen-bond donors (Lipinski definition) is 3. The molecule has 0 aromatic heterocycles. The smallest absolute Gasteiger partial charge is 0.314 e. The van der Waals surface area contributed by atoms with Crippen LogP contribution in [0.2, 0.25) is 0 Å². The fourth-order valence-corrected chi connectivity index (χ4v) is 0.402. The maximum Gasteiger partial charge on any atom is 0.314 e. The van der Waals surface area contributed by atoms with Crippen molar-refractivity contribution in [1.29, 1.82) is 0 Å². The fourth-order valence-electron chi connectivity index (χ4n) is 0.402. The summed E-state index contributed by atoms with van der Waals surface area (Å²) in [5.74, 6) is -1.38. The molecule has 0 unspecified atom stereocenters. The minimum Gasteiger partial charge on any atom is -0.481 e. The van der Waals surface area contributed by atoms with Gasteiger partial charge in [-0.25, -0.2) is 0 Å². The van der Waals surface area contributed by atoms with Crippen LogP contribution in [0.5, 0.6) is 0 Å². The van der Waals surface area contributed by atoms with Crippen molar-refractivity contribution >= 4 is 5.97 Å². The fraction of sp³-hybridized carbons (Fsp3) is 0.833. The summed E-state index contributed by atoms with van der Waals surface area (Å²) in [5, 5.41) is 26.0. The summed E-state index contributed by atoms with van der Waals surface area (Å²) < 4.78 is 13.6. The minimum absolute atomic E-state index is 0.380. The van der Waals surface area contributed by atoms with E-state index in [4.69, 9.17) is 18.1 Å². The number of aliphatic carboxylic acids is 1. The van der Waals surface area contributed by atoms with Gasteiger partial charge < -0.3 is 15.3 Å². The first-order chi connectivity index (χ1) is 5.48. The van der Waals surface area contributed by atoms with Gasteiger partial charge in [-0.05, 0) is 6.42 Å². The van der Waals surface area contributed by atoms with Gasteiger partial charge in [-0.2, -0.15) is 0 Å². The van der Waals surface area contributed by atoms with E-state index < -0.39 is 31.5 Å². The van der Waals surface area contributed by atoms with Crippen LogP contribution in [0.1, 0.15) is 16.0 Å². The lowest BCUT2D eigenvalue weighted by molar-refractivity contribution is -0.154. The summed E-state index contributed by atoms with van der Waals surface area (Å²) in [4.78, 5) is 10.5. The van der Waals surface area contributed by atoms with Gasteiger partial charge in [-0.3, -0.25) is 4.79 Å². The molecule has 0 fully saturated rings. The summed E-state index contributed by atoms with van der Waals surface area (Å²) in [6, 6.07) is 0. The average molecular weight is 150 g/mol. The zero-order valence-electron chi connectivity index (χ0n) is 7.45. The molecule has 0 aliphatic heterocycles. The van der Waals surface area contributed by atoms with Crippen LogP contribution in [-0.4, -0.2) is 34.5 Å². The van der Waals surface area contributed by atoms with E-state index in [-0.39, 0.29) is 6.42 Å². The number of carboxylic acids is 1. The number of aliphatic hydroxyl groups excluding tert-OH is 2. The molecular weight excluding hydrogens is 136 g/mol. The molecule has 0 rings (SSSR count). The Kier molecular flexibility index (Phi) is 2.16. The lowest BCUT2D eigenvalue weighted by Crippen LogP contribution is -2.37. The minimum atomic E-state index is -1.74. The number of rotatable bonds is 4. The summed E-state index contributed by atoms with van der Waals surface area (Å²) >= 11 is 0. The van der Waals surface area contributed by atoms with Crippen LogP contribution < -0.4 is 0 Å². The molecule has 0 aromatic rings. The third kappa shape index (κ3) is 1.46. The van der Waals surface area contributed by atoms with Crippen molar-refractivity contribution in [1.82, 2.24) is 0 Å². The molecule has 0 spiro atoms. The number of hydrogen-bond acceptors (Lipinski definition) is 3. The maximum absolute atomic E-state index is 10.5. The van der Waals surface area contributed by atoms with Crippen molar-refractivity contribution in [2.24, 2.45) is 5.41 Å². The van der Waals surface area contributed by atoms with E-state index in [9.17, 15) is 4.79 Å². The normalized spacial score (nSPS) is 14.7. The van der Waals surface area contributed by atoms with E-state index in [0.29, 0.717) is 0 Å². The SMILES string of the molecule is [2H]C([2H])CC(CO)(CO)C(=O)O. The zero-order valence-corrected chi connectivity index (χ0v) is 5.45. The first-order valence-corrected chi connectivity index (χ1v) is 2.78. The average Bonchev–Trinajstić information content (AvgIpc) is 1.99. The lowest BCUT2D eigenvalue weighted by atomic mass is 9.87. The third-order valence-electron chi connectivity index (χ3n) is 1.45. The van der Waals surface area contributed by atoms with Gasteiger partial charge in [0.05, 0.1) is 13.2 Å². The quantitative estimate of drug-likeness (QED) is 0.502. The molecular formula is C6H12O4. The summed E-state index contributed by atoms with van der Waals surface area (Å²) in [7, 11) is 0. The zero-order chi connectivity index (χ0) is 9.78. The molecule has 0 saturated heterocycles. The largest absolute Gasteiger partial charge is 0.481 e. The highest BCUT2D eigenvalue weighted by molar-refractivity contribution is 5.74. The number of carbonyl (C=O) groups is 1. The van der Waals surface area contributed by atoms with E-state index in [2.05, 4.69) is 0 Å². The van der Waals surface area contributed by atoms with E-state index in [0.717, 1.165) is 0 Å². The van der Waals surface area contributed by atoms with E-state index in [1.165, 1.54) is 0 Å². The van der Waals surface area contributed by atoms with Crippen LogP contribution in [0.15, 0.2) is 0 Å². The second kappa shape index (κ2) is 3.53. The van der Waals surface area contributed by atoms with Gasteiger partial charge in [0.2, 0.25) is 0 Å².